The van der Waals surface area contributed by atoms with Crippen LogP contribution in [-0.2, 0) is 4.74 Å². The lowest BCUT2D eigenvalue weighted by molar-refractivity contribution is 0.105. The average molecular weight is 413 g/mol. The number of amidine groups is 1. The summed E-state index contributed by atoms with van der Waals surface area (Å²) in [6.07, 6.45) is 2.62. The minimum atomic E-state index is -0.579. The van der Waals surface area contributed by atoms with E-state index < -0.39 is 6.03 Å². The molecule has 0 aliphatic carbocycles. The van der Waals surface area contributed by atoms with Gasteiger partial charge in [-0.1, -0.05) is 23.4 Å². The number of carbonyl (C=O) groups excluding carboxylic acids is 2. The SMILES string of the molecule is CCOC(=O)N1CCN(c2cncc(/C(=N\O)NC(=O)Nc3ccccc3)n2)CC1. The number of anilines is 2. The van der Waals surface area contributed by atoms with Gasteiger partial charge in [-0.2, -0.15) is 0 Å². The quantitative estimate of drug-likeness (QED) is 0.301. The van der Waals surface area contributed by atoms with Gasteiger partial charge in [0.25, 0.3) is 0 Å². The minimum Gasteiger partial charge on any atom is -0.450 e. The van der Waals surface area contributed by atoms with E-state index in [-0.39, 0.29) is 17.6 Å². The molecule has 1 aliphatic heterocycles. The number of aromatic nitrogens is 2. The molecule has 11 heteroatoms. The molecule has 0 spiro atoms. The van der Waals surface area contributed by atoms with Crippen LogP contribution in [0.5, 0.6) is 0 Å². The number of piperazine rings is 1. The van der Waals surface area contributed by atoms with Gasteiger partial charge >= 0.3 is 12.1 Å². The summed E-state index contributed by atoms with van der Waals surface area (Å²) < 4.78 is 5.02. The van der Waals surface area contributed by atoms with Crippen molar-refractivity contribution in [1.82, 2.24) is 20.2 Å². The van der Waals surface area contributed by atoms with Crippen LogP contribution < -0.4 is 15.5 Å². The molecule has 11 nitrogen and oxygen atoms in total. The normalized spacial score (nSPS) is 14.2. The van der Waals surface area contributed by atoms with Gasteiger partial charge in [-0.15, -0.1) is 0 Å². The number of ether oxygens (including phenoxy) is 1. The number of para-hydroxylation sites is 1. The van der Waals surface area contributed by atoms with Crippen LogP contribution in [0.2, 0.25) is 0 Å². The number of hydrogen-bond donors (Lipinski definition) is 3. The van der Waals surface area contributed by atoms with Gasteiger partial charge in [0.05, 0.1) is 19.0 Å². The third kappa shape index (κ3) is 5.34. The van der Waals surface area contributed by atoms with Crippen molar-refractivity contribution < 1.29 is 19.5 Å². The highest BCUT2D eigenvalue weighted by atomic mass is 16.6. The number of hydrogen-bond acceptors (Lipinski definition) is 8. The Morgan fingerprint density at radius 1 is 1.17 bits per heavy atom. The minimum absolute atomic E-state index is 0.136. The molecule has 0 unspecified atom stereocenters. The summed E-state index contributed by atoms with van der Waals surface area (Å²) in [4.78, 5) is 36.1. The Bertz CT molecular complexity index is 899. The number of carbonyl (C=O) groups is 2. The molecule has 0 bridgehead atoms. The van der Waals surface area contributed by atoms with Crippen LogP contribution in [0.1, 0.15) is 12.6 Å². The van der Waals surface area contributed by atoms with Crippen molar-refractivity contribution in [2.75, 3.05) is 43.0 Å². The zero-order valence-electron chi connectivity index (χ0n) is 16.5. The fourth-order valence-electron chi connectivity index (χ4n) is 2.89. The Morgan fingerprint density at radius 3 is 2.57 bits per heavy atom. The third-order valence-electron chi connectivity index (χ3n) is 4.36. The average Bonchev–Trinajstić information content (AvgIpc) is 2.78. The number of benzene rings is 1. The molecule has 0 saturated carbocycles. The van der Waals surface area contributed by atoms with E-state index in [1.165, 1.54) is 6.20 Å². The lowest BCUT2D eigenvalue weighted by Gasteiger charge is -2.34. The molecule has 3 rings (SSSR count). The van der Waals surface area contributed by atoms with E-state index in [9.17, 15) is 14.8 Å². The number of rotatable bonds is 4. The number of nitrogens with zero attached hydrogens (tertiary/aromatic N) is 5. The lowest BCUT2D eigenvalue weighted by atomic mass is 10.3. The molecular formula is C19H23N7O4. The molecule has 0 atom stereocenters. The predicted octanol–water partition coefficient (Wildman–Crippen LogP) is 1.71. The largest absolute Gasteiger partial charge is 0.450 e. The summed E-state index contributed by atoms with van der Waals surface area (Å²) in [7, 11) is 0. The topological polar surface area (TPSA) is 132 Å². The van der Waals surface area contributed by atoms with E-state index >= 15 is 0 Å². The maximum atomic E-state index is 12.2. The molecule has 1 aromatic carbocycles. The van der Waals surface area contributed by atoms with Crippen molar-refractivity contribution >= 4 is 29.5 Å². The second kappa shape index (κ2) is 10.0. The van der Waals surface area contributed by atoms with Gasteiger partial charge < -0.3 is 25.1 Å². The van der Waals surface area contributed by atoms with Gasteiger partial charge in [-0.25, -0.2) is 14.6 Å². The molecule has 1 aliphatic rings. The van der Waals surface area contributed by atoms with Crippen molar-refractivity contribution in [3.8, 4) is 0 Å². The molecule has 1 saturated heterocycles. The van der Waals surface area contributed by atoms with Gasteiger partial charge in [-0.05, 0) is 19.1 Å². The van der Waals surface area contributed by atoms with Crippen LogP contribution in [0.3, 0.4) is 0 Å². The Labute approximate surface area is 173 Å². The smallest absolute Gasteiger partial charge is 0.409 e. The van der Waals surface area contributed by atoms with Gasteiger partial charge in [0.1, 0.15) is 11.5 Å². The monoisotopic (exact) mass is 413 g/mol. The number of amides is 3. The summed E-state index contributed by atoms with van der Waals surface area (Å²) in [5.74, 6) is 0.408. The van der Waals surface area contributed by atoms with E-state index in [1.807, 2.05) is 11.0 Å². The molecule has 0 radical (unpaired) electrons. The number of oxime groups is 1. The molecular weight excluding hydrogens is 390 g/mol. The first kappa shape index (κ1) is 20.8. The van der Waals surface area contributed by atoms with Crippen LogP contribution in [0, 0.1) is 0 Å². The Kier molecular flexibility index (Phi) is 6.98. The van der Waals surface area contributed by atoms with Crippen molar-refractivity contribution in [2.24, 2.45) is 5.16 Å². The fraction of sp³-hybridized carbons (Fsp3) is 0.316. The van der Waals surface area contributed by atoms with Gasteiger partial charge in [0.15, 0.2) is 0 Å². The van der Waals surface area contributed by atoms with Crippen LogP contribution >= 0.6 is 0 Å². The Hall–Kier alpha value is -3.89. The molecule has 1 aromatic heterocycles. The lowest BCUT2D eigenvalue weighted by Crippen LogP contribution is -2.49. The molecule has 30 heavy (non-hydrogen) atoms. The van der Waals surface area contributed by atoms with E-state index in [1.54, 1.807) is 42.3 Å². The summed E-state index contributed by atoms with van der Waals surface area (Å²) in [6.45, 7) is 4.17. The van der Waals surface area contributed by atoms with Gasteiger partial charge in [0, 0.05) is 31.9 Å². The van der Waals surface area contributed by atoms with Crippen molar-refractivity contribution in [3.05, 3.63) is 48.4 Å². The highest BCUT2D eigenvalue weighted by molar-refractivity contribution is 6.09. The molecule has 2 heterocycles. The fourth-order valence-corrected chi connectivity index (χ4v) is 2.89. The Morgan fingerprint density at radius 2 is 1.90 bits per heavy atom. The molecule has 2 aromatic rings. The van der Waals surface area contributed by atoms with Gasteiger partial charge in [-0.3, -0.25) is 10.3 Å². The van der Waals surface area contributed by atoms with Crippen LogP contribution in [0.4, 0.5) is 21.1 Å². The molecule has 158 valence electrons. The van der Waals surface area contributed by atoms with Gasteiger partial charge in [0.2, 0.25) is 5.84 Å². The van der Waals surface area contributed by atoms with Crippen molar-refractivity contribution in [1.29, 1.82) is 0 Å². The van der Waals surface area contributed by atoms with Crippen molar-refractivity contribution in [3.63, 3.8) is 0 Å². The summed E-state index contributed by atoms with van der Waals surface area (Å²) in [6, 6.07) is 8.28. The van der Waals surface area contributed by atoms with E-state index in [2.05, 4.69) is 25.8 Å². The molecule has 3 N–H and O–H groups in total. The maximum Gasteiger partial charge on any atom is 0.409 e. The van der Waals surface area contributed by atoms with Crippen LogP contribution in [0.15, 0.2) is 47.9 Å². The standard InChI is InChI=1S/C19H23N7O4/c1-2-30-19(28)26-10-8-25(9-11-26)16-13-20-12-15(22-16)17(24-29)23-18(27)21-14-6-4-3-5-7-14/h3-7,12-13,29H,2,8-11H2,1H3,(H2,21,23,24,27). The first-order chi connectivity index (χ1) is 14.6. The zero-order valence-corrected chi connectivity index (χ0v) is 16.5. The van der Waals surface area contributed by atoms with Crippen molar-refractivity contribution in [2.45, 2.75) is 6.92 Å². The molecule has 3 amide bonds. The Balaban J connectivity index is 1.62. The maximum absolute atomic E-state index is 12.2. The number of urea groups is 1. The van der Waals surface area contributed by atoms with E-state index in [0.717, 1.165) is 0 Å². The first-order valence-corrected chi connectivity index (χ1v) is 9.45. The summed E-state index contributed by atoms with van der Waals surface area (Å²) in [5, 5.41) is 17.6. The second-order valence-electron chi connectivity index (χ2n) is 6.33. The number of nitrogens with one attached hydrogen (secondary N) is 2. The first-order valence-electron chi connectivity index (χ1n) is 9.45. The third-order valence-corrected chi connectivity index (χ3v) is 4.36. The van der Waals surface area contributed by atoms with E-state index in [4.69, 9.17) is 4.74 Å². The van der Waals surface area contributed by atoms with Crippen LogP contribution in [-0.4, -0.2) is 70.8 Å². The summed E-state index contributed by atoms with van der Waals surface area (Å²) >= 11 is 0. The second-order valence-corrected chi connectivity index (χ2v) is 6.33. The molecule has 1 fully saturated rings. The summed E-state index contributed by atoms with van der Waals surface area (Å²) in [5.41, 5.74) is 0.789. The zero-order chi connectivity index (χ0) is 21.3. The van der Waals surface area contributed by atoms with Crippen LogP contribution in [0.25, 0.3) is 0 Å². The van der Waals surface area contributed by atoms with E-state index in [0.29, 0.717) is 44.3 Å². The highest BCUT2D eigenvalue weighted by Crippen LogP contribution is 2.14. The highest BCUT2D eigenvalue weighted by Gasteiger charge is 2.23. The predicted molar refractivity (Wildman–Crippen MR) is 110 cm³/mol.